The molecule has 0 saturated heterocycles. The highest BCUT2D eigenvalue weighted by Crippen LogP contribution is 1.93. The molecule has 7 nitrogen and oxygen atoms in total. The van der Waals surface area contributed by atoms with E-state index in [4.69, 9.17) is 0 Å². The van der Waals surface area contributed by atoms with Crippen LogP contribution in [0.15, 0.2) is 0 Å². The van der Waals surface area contributed by atoms with Gasteiger partial charge in [0, 0.05) is 19.5 Å². The number of rotatable bonds is 11. The number of carbonyl (C=O) groups excluding carboxylic acids is 4. The number of amides is 2. The van der Waals surface area contributed by atoms with Gasteiger partial charge in [-0.25, -0.2) is 0 Å². The van der Waals surface area contributed by atoms with E-state index in [1.165, 1.54) is 4.90 Å². The third kappa shape index (κ3) is 7.50. The Morgan fingerprint density at radius 2 is 2.06 bits per heavy atom. The minimum atomic E-state index is -0.322. The van der Waals surface area contributed by atoms with E-state index in [9.17, 15) is 19.2 Å². The van der Waals surface area contributed by atoms with Crippen LogP contribution >= 0.6 is 0 Å². The van der Waals surface area contributed by atoms with Crippen LogP contribution < -0.4 is 10.6 Å². The van der Waals surface area contributed by atoms with Crippen molar-refractivity contribution in [2.24, 2.45) is 0 Å². The van der Waals surface area contributed by atoms with E-state index in [-0.39, 0.29) is 38.0 Å². The Bertz CT molecular complexity index is 283. The van der Waals surface area contributed by atoms with Gasteiger partial charge in [0.05, 0.1) is 12.6 Å². The molecule has 0 fully saturated rings. The van der Waals surface area contributed by atoms with Gasteiger partial charge in [-0.15, -0.1) is 0 Å². The van der Waals surface area contributed by atoms with E-state index in [1.807, 2.05) is 0 Å². The molecule has 18 heavy (non-hydrogen) atoms. The average Bonchev–Trinajstić information content (AvgIpc) is 2.39. The number of likely N-dealkylation sites (N-methyl/N-ethyl adjacent to an activating group) is 1. The molecule has 0 aromatic rings. The van der Waals surface area contributed by atoms with Crippen molar-refractivity contribution in [1.82, 2.24) is 15.5 Å². The zero-order chi connectivity index (χ0) is 13.8. The van der Waals surface area contributed by atoms with Gasteiger partial charge in [0.1, 0.15) is 12.6 Å². The van der Waals surface area contributed by atoms with Crippen molar-refractivity contribution in [2.75, 3.05) is 26.7 Å². The van der Waals surface area contributed by atoms with Gasteiger partial charge in [0.25, 0.3) is 0 Å². The Labute approximate surface area is 106 Å². The van der Waals surface area contributed by atoms with Crippen LogP contribution in [0.5, 0.6) is 0 Å². The predicted molar refractivity (Wildman–Crippen MR) is 64.9 cm³/mol. The molecule has 0 saturated carbocycles. The minimum Gasteiger partial charge on any atom is -0.354 e. The molecule has 102 valence electrons. The molecule has 1 unspecified atom stereocenters. The molecule has 0 aliphatic heterocycles. The van der Waals surface area contributed by atoms with Gasteiger partial charge in [-0.1, -0.05) is 0 Å². The molecule has 0 aromatic carbocycles. The summed E-state index contributed by atoms with van der Waals surface area (Å²) < 4.78 is 0. The summed E-state index contributed by atoms with van der Waals surface area (Å²) >= 11 is 0. The summed E-state index contributed by atoms with van der Waals surface area (Å²) in [5.41, 5.74) is 0. The quantitative estimate of drug-likeness (QED) is 0.431. The highest BCUT2D eigenvalue weighted by atomic mass is 16.2. The summed E-state index contributed by atoms with van der Waals surface area (Å²) in [6, 6.07) is -0.322. The number of nitrogens with zero attached hydrogens (tertiary/aromatic N) is 1. The smallest absolute Gasteiger partial charge is 0.220 e. The zero-order valence-corrected chi connectivity index (χ0v) is 10.4. The summed E-state index contributed by atoms with van der Waals surface area (Å²) in [5, 5.41) is 5.38. The highest BCUT2D eigenvalue weighted by molar-refractivity contribution is 5.76. The zero-order valence-electron chi connectivity index (χ0n) is 10.4. The average molecular weight is 257 g/mol. The van der Waals surface area contributed by atoms with Crippen LogP contribution in [0.2, 0.25) is 0 Å². The number of hydrogen-bond donors (Lipinski definition) is 2. The van der Waals surface area contributed by atoms with Crippen molar-refractivity contribution in [3.63, 3.8) is 0 Å². The molecule has 1 atom stereocenters. The van der Waals surface area contributed by atoms with Crippen LogP contribution in [0.25, 0.3) is 0 Å². The molecule has 0 aliphatic carbocycles. The molecular formula is C11H19N3O4. The van der Waals surface area contributed by atoms with Crippen molar-refractivity contribution in [3.8, 4) is 0 Å². The second-order valence-corrected chi connectivity index (χ2v) is 3.69. The SMILES string of the molecule is CNC(C=O)CCC(=O)NCCN(C=O)CC=O. The molecule has 0 rings (SSSR count). The molecule has 0 heterocycles. The third-order valence-corrected chi connectivity index (χ3v) is 2.40. The fraction of sp³-hybridized carbons (Fsp3) is 0.636. The number of nitrogens with one attached hydrogen (secondary N) is 2. The molecule has 0 spiro atoms. The Morgan fingerprint density at radius 3 is 2.56 bits per heavy atom. The maximum absolute atomic E-state index is 11.4. The maximum atomic E-state index is 11.4. The van der Waals surface area contributed by atoms with E-state index in [1.54, 1.807) is 7.05 Å². The van der Waals surface area contributed by atoms with Crippen LogP contribution in [0.1, 0.15) is 12.8 Å². The van der Waals surface area contributed by atoms with E-state index in [0.717, 1.165) is 6.29 Å². The second kappa shape index (κ2) is 10.4. The molecule has 0 bridgehead atoms. The number of aldehydes is 2. The van der Waals surface area contributed by atoms with Crippen molar-refractivity contribution in [3.05, 3.63) is 0 Å². The van der Waals surface area contributed by atoms with E-state index >= 15 is 0 Å². The van der Waals surface area contributed by atoms with Crippen LogP contribution in [0.4, 0.5) is 0 Å². The standard InChI is InChI=1S/C11H19N3O4/c1-12-10(8-16)2-3-11(18)13-4-5-14(9-17)6-7-15/h7-10,12H,2-6H2,1H3,(H,13,18). The fourth-order valence-electron chi connectivity index (χ4n) is 1.28. The molecule has 2 N–H and O–H groups in total. The Balaban J connectivity index is 3.72. The molecule has 0 radical (unpaired) electrons. The van der Waals surface area contributed by atoms with Crippen molar-refractivity contribution < 1.29 is 19.2 Å². The summed E-state index contributed by atoms with van der Waals surface area (Å²) in [5.74, 6) is -0.186. The van der Waals surface area contributed by atoms with Crippen molar-refractivity contribution >= 4 is 24.9 Å². The topological polar surface area (TPSA) is 95.6 Å². The summed E-state index contributed by atoms with van der Waals surface area (Å²) in [4.78, 5) is 43.8. The molecule has 0 aliphatic rings. The lowest BCUT2D eigenvalue weighted by Gasteiger charge is -2.14. The maximum Gasteiger partial charge on any atom is 0.220 e. The van der Waals surface area contributed by atoms with Gasteiger partial charge in [0.15, 0.2) is 0 Å². The van der Waals surface area contributed by atoms with Crippen LogP contribution in [-0.4, -0.2) is 62.5 Å². The largest absolute Gasteiger partial charge is 0.354 e. The first-order chi connectivity index (χ1) is 8.67. The van der Waals surface area contributed by atoms with Crippen molar-refractivity contribution in [1.29, 1.82) is 0 Å². The first kappa shape index (κ1) is 16.2. The molecular weight excluding hydrogens is 238 g/mol. The van der Waals surface area contributed by atoms with E-state index in [2.05, 4.69) is 10.6 Å². The lowest BCUT2D eigenvalue weighted by atomic mass is 10.2. The van der Waals surface area contributed by atoms with E-state index < -0.39 is 0 Å². The Morgan fingerprint density at radius 1 is 1.33 bits per heavy atom. The summed E-state index contributed by atoms with van der Waals surface area (Å²) in [6.07, 6.45) is 2.60. The molecule has 0 aromatic heterocycles. The third-order valence-electron chi connectivity index (χ3n) is 2.40. The molecule has 7 heteroatoms. The normalized spacial score (nSPS) is 11.4. The van der Waals surface area contributed by atoms with Gasteiger partial charge < -0.3 is 25.1 Å². The number of carbonyl (C=O) groups is 4. The first-order valence-corrected chi connectivity index (χ1v) is 5.70. The second-order valence-electron chi connectivity index (χ2n) is 3.69. The van der Waals surface area contributed by atoms with Gasteiger partial charge >= 0.3 is 0 Å². The van der Waals surface area contributed by atoms with Crippen LogP contribution in [-0.2, 0) is 19.2 Å². The van der Waals surface area contributed by atoms with Crippen LogP contribution in [0.3, 0.4) is 0 Å². The van der Waals surface area contributed by atoms with Crippen molar-refractivity contribution in [2.45, 2.75) is 18.9 Å². The summed E-state index contributed by atoms with van der Waals surface area (Å²) in [6.45, 7) is 0.597. The Kier molecular flexibility index (Phi) is 9.38. The highest BCUT2D eigenvalue weighted by Gasteiger charge is 2.08. The lowest BCUT2D eigenvalue weighted by Crippen LogP contribution is -2.36. The van der Waals surface area contributed by atoms with Gasteiger partial charge in [-0.2, -0.15) is 0 Å². The lowest BCUT2D eigenvalue weighted by molar-refractivity contribution is -0.123. The van der Waals surface area contributed by atoms with E-state index in [0.29, 0.717) is 19.1 Å². The first-order valence-electron chi connectivity index (χ1n) is 5.70. The van der Waals surface area contributed by atoms with Crippen LogP contribution in [0, 0.1) is 0 Å². The fourth-order valence-corrected chi connectivity index (χ4v) is 1.28. The monoisotopic (exact) mass is 257 g/mol. The molecule has 2 amide bonds. The summed E-state index contributed by atoms with van der Waals surface area (Å²) in [7, 11) is 1.65. The van der Waals surface area contributed by atoms with Gasteiger partial charge in [-0.05, 0) is 13.5 Å². The van der Waals surface area contributed by atoms with Gasteiger partial charge in [0.2, 0.25) is 12.3 Å². The predicted octanol–water partition coefficient (Wildman–Crippen LogP) is -1.67. The van der Waals surface area contributed by atoms with Gasteiger partial charge in [-0.3, -0.25) is 9.59 Å². The number of hydrogen-bond acceptors (Lipinski definition) is 5. The Hall–Kier alpha value is -1.76. The minimum absolute atomic E-state index is 0.0202.